The molecule has 0 radical (unpaired) electrons. The van der Waals surface area contributed by atoms with Gasteiger partial charge in [0.1, 0.15) is 0 Å². The third-order valence-corrected chi connectivity index (χ3v) is 4.22. The van der Waals surface area contributed by atoms with Crippen LogP contribution in [-0.4, -0.2) is 30.9 Å². The predicted octanol–water partition coefficient (Wildman–Crippen LogP) is 2.25. The minimum atomic E-state index is -0.412. The Hall–Kier alpha value is -3.35. The van der Waals surface area contributed by atoms with Crippen LogP contribution in [0.15, 0.2) is 54.6 Å². The second-order valence-electron chi connectivity index (χ2n) is 6.27. The summed E-state index contributed by atoms with van der Waals surface area (Å²) in [5, 5.41) is 7.95. The van der Waals surface area contributed by atoms with Gasteiger partial charge in [-0.25, -0.2) is 4.79 Å². The molecule has 3 rings (SSSR count). The fraction of sp³-hybridized carbons (Fsp3) is 0.250. The van der Waals surface area contributed by atoms with Crippen LogP contribution >= 0.6 is 0 Å². The number of carbonyl (C=O) groups excluding carboxylic acids is 3. The van der Waals surface area contributed by atoms with Crippen LogP contribution in [0.3, 0.4) is 0 Å². The number of rotatable bonds is 6. The molecule has 1 saturated heterocycles. The average Bonchev–Trinajstić information content (AvgIpc) is 3.12. The molecule has 0 aliphatic carbocycles. The van der Waals surface area contributed by atoms with Crippen LogP contribution in [0, 0.1) is 0 Å². The highest BCUT2D eigenvalue weighted by Crippen LogP contribution is 2.24. The predicted molar refractivity (Wildman–Crippen MR) is 103 cm³/mol. The Kier molecular flexibility index (Phi) is 6.04. The number of carbonyl (C=O) groups is 3. The van der Waals surface area contributed by atoms with Crippen LogP contribution in [0.5, 0.6) is 0 Å². The molecule has 1 heterocycles. The van der Waals surface area contributed by atoms with Gasteiger partial charge in [-0.05, 0) is 30.2 Å². The molecular weight excluding hydrogens is 344 g/mol. The first-order valence-electron chi connectivity index (χ1n) is 8.88. The maximum absolute atomic E-state index is 12.1. The first kappa shape index (κ1) is 18.4. The van der Waals surface area contributed by atoms with Gasteiger partial charge in [-0.2, -0.15) is 0 Å². The Morgan fingerprint density at radius 2 is 1.81 bits per heavy atom. The van der Waals surface area contributed by atoms with Crippen molar-refractivity contribution >= 4 is 29.2 Å². The van der Waals surface area contributed by atoms with Crippen molar-refractivity contribution in [2.45, 2.75) is 19.4 Å². The molecule has 1 aliphatic rings. The highest BCUT2D eigenvalue weighted by atomic mass is 16.2. The maximum Gasteiger partial charge on any atom is 0.315 e. The third kappa shape index (κ3) is 5.31. The van der Waals surface area contributed by atoms with E-state index in [1.807, 2.05) is 36.4 Å². The molecule has 2 aromatic rings. The lowest BCUT2D eigenvalue weighted by Gasteiger charge is -2.16. The molecule has 7 heteroatoms. The van der Waals surface area contributed by atoms with Crippen LogP contribution in [0.2, 0.25) is 0 Å². The summed E-state index contributed by atoms with van der Waals surface area (Å²) < 4.78 is 0. The summed E-state index contributed by atoms with van der Waals surface area (Å²) in [5.41, 5.74) is 2.33. The smallest absolute Gasteiger partial charge is 0.315 e. The van der Waals surface area contributed by atoms with E-state index in [0.29, 0.717) is 25.2 Å². The molecule has 1 aliphatic heterocycles. The minimum absolute atomic E-state index is 0.0928. The normalized spacial score (nSPS) is 13.3. The Morgan fingerprint density at radius 1 is 1.00 bits per heavy atom. The van der Waals surface area contributed by atoms with Gasteiger partial charge >= 0.3 is 6.03 Å². The summed E-state index contributed by atoms with van der Waals surface area (Å²) in [5.74, 6) is -0.245. The molecule has 3 N–H and O–H groups in total. The van der Waals surface area contributed by atoms with Crippen molar-refractivity contribution in [2.24, 2.45) is 0 Å². The summed E-state index contributed by atoms with van der Waals surface area (Å²) in [6.07, 6.45) is 1.40. The number of hydrogen-bond donors (Lipinski definition) is 3. The molecule has 2 aromatic carbocycles. The van der Waals surface area contributed by atoms with E-state index in [1.165, 1.54) is 0 Å². The largest absolute Gasteiger partial charge is 0.334 e. The van der Waals surface area contributed by atoms with Crippen molar-refractivity contribution in [3.8, 4) is 0 Å². The molecule has 0 bridgehead atoms. The zero-order chi connectivity index (χ0) is 19.1. The molecule has 0 spiro atoms. The van der Waals surface area contributed by atoms with Crippen LogP contribution in [0.1, 0.15) is 18.4 Å². The summed E-state index contributed by atoms with van der Waals surface area (Å²) >= 11 is 0. The summed E-state index contributed by atoms with van der Waals surface area (Å²) in [6.45, 7) is 0.938. The number of benzene rings is 2. The second kappa shape index (κ2) is 8.84. The number of urea groups is 1. The van der Waals surface area contributed by atoms with E-state index in [0.717, 1.165) is 17.7 Å². The Balaban J connectivity index is 1.45. The van der Waals surface area contributed by atoms with Gasteiger partial charge in [0.05, 0.1) is 6.54 Å². The van der Waals surface area contributed by atoms with Crippen LogP contribution < -0.4 is 20.9 Å². The zero-order valence-corrected chi connectivity index (χ0v) is 14.9. The first-order valence-corrected chi connectivity index (χ1v) is 8.88. The summed E-state index contributed by atoms with van der Waals surface area (Å²) in [7, 11) is 0. The molecule has 0 aromatic heterocycles. The van der Waals surface area contributed by atoms with Crippen LogP contribution in [0.25, 0.3) is 0 Å². The fourth-order valence-corrected chi connectivity index (χ4v) is 2.88. The SMILES string of the molecule is O=C(CNC(=O)NCc1ccccc1)Nc1cccc(N2CCCC2=O)c1. The van der Waals surface area contributed by atoms with E-state index in [4.69, 9.17) is 0 Å². The molecule has 7 nitrogen and oxygen atoms in total. The average molecular weight is 366 g/mol. The van der Waals surface area contributed by atoms with Gasteiger partial charge < -0.3 is 20.9 Å². The minimum Gasteiger partial charge on any atom is -0.334 e. The quantitative estimate of drug-likeness (QED) is 0.732. The van der Waals surface area contributed by atoms with Crippen molar-refractivity contribution in [2.75, 3.05) is 23.3 Å². The number of anilines is 2. The number of nitrogens with zero attached hydrogens (tertiary/aromatic N) is 1. The van der Waals surface area contributed by atoms with Gasteiger partial charge in [0.2, 0.25) is 11.8 Å². The van der Waals surface area contributed by atoms with Crippen molar-refractivity contribution in [3.05, 3.63) is 60.2 Å². The molecule has 27 heavy (non-hydrogen) atoms. The summed E-state index contributed by atoms with van der Waals surface area (Å²) in [4.78, 5) is 37.4. The Morgan fingerprint density at radius 3 is 2.56 bits per heavy atom. The lowest BCUT2D eigenvalue weighted by Crippen LogP contribution is -2.39. The van der Waals surface area contributed by atoms with Crippen molar-refractivity contribution in [1.82, 2.24) is 10.6 Å². The Labute approximate surface area is 157 Å². The lowest BCUT2D eigenvalue weighted by atomic mass is 10.2. The molecule has 0 atom stereocenters. The van der Waals surface area contributed by atoms with Crippen molar-refractivity contribution < 1.29 is 14.4 Å². The van der Waals surface area contributed by atoms with Gasteiger partial charge in [0.25, 0.3) is 0 Å². The maximum atomic E-state index is 12.1. The van der Waals surface area contributed by atoms with E-state index in [2.05, 4.69) is 16.0 Å². The van der Waals surface area contributed by atoms with E-state index in [1.54, 1.807) is 23.1 Å². The van der Waals surface area contributed by atoms with E-state index in [9.17, 15) is 14.4 Å². The van der Waals surface area contributed by atoms with Gasteiger partial charge in [-0.1, -0.05) is 36.4 Å². The lowest BCUT2D eigenvalue weighted by molar-refractivity contribution is -0.117. The third-order valence-electron chi connectivity index (χ3n) is 4.22. The summed E-state index contributed by atoms with van der Waals surface area (Å²) in [6, 6.07) is 16.2. The van der Waals surface area contributed by atoms with Gasteiger partial charge in [-0.15, -0.1) is 0 Å². The monoisotopic (exact) mass is 366 g/mol. The van der Waals surface area contributed by atoms with Gasteiger partial charge in [0.15, 0.2) is 0 Å². The first-order chi connectivity index (χ1) is 13.1. The topological polar surface area (TPSA) is 90.5 Å². The molecule has 140 valence electrons. The molecule has 0 saturated carbocycles. The van der Waals surface area contributed by atoms with Gasteiger partial charge in [-0.3, -0.25) is 9.59 Å². The van der Waals surface area contributed by atoms with Crippen molar-refractivity contribution in [3.63, 3.8) is 0 Å². The second-order valence-corrected chi connectivity index (χ2v) is 6.27. The van der Waals surface area contributed by atoms with E-state index < -0.39 is 6.03 Å². The standard InChI is InChI=1S/C20H22N4O3/c25-18(14-22-20(27)21-13-15-6-2-1-3-7-15)23-16-8-4-9-17(12-16)24-11-5-10-19(24)26/h1-4,6-9,12H,5,10-11,13-14H2,(H,23,25)(H2,21,22,27). The fourth-order valence-electron chi connectivity index (χ4n) is 2.88. The number of nitrogens with one attached hydrogen (secondary N) is 3. The van der Waals surface area contributed by atoms with E-state index >= 15 is 0 Å². The molecule has 4 amide bonds. The van der Waals surface area contributed by atoms with Crippen molar-refractivity contribution in [1.29, 1.82) is 0 Å². The van der Waals surface area contributed by atoms with E-state index in [-0.39, 0.29) is 18.4 Å². The Bertz CT molecular complexity index is 823. The molecular formula is C20H22N4O3. The highest BCUT2D eigenvalue weighted by Gasteiger charge is 2.21. The number of hydrogen-bond acceptors (Lipinski definition) is 3. The van der Waals surface area contributed by atoms with Crippen LogP contribution in [-0.2, 0) is 16.1 Å². The number of amides is 4. The molecule has 1 fully saturated rings. The zero-order valence-electron chi connectivity index (χ0n) is 14.9. The highest BCUT2D eigenvalue weighted by molar-refractivity contribution is 5.97. The molecule has 0 unspecified atom stereocenters. The van der Waals surface area contributed by atoms with Crippen LogP contribution in [0.4, 0.5) is 16.2 Å². The van der Waals surface area contributed by atoms with Gasteiger partial charge in [0, 0.05) is 30.9 Å².